The predicted octanol–water partition coefficient (Wildman–Crippen LogP) is 1.56. The Labute approximate surface area is 106 Å². The van der Waals surface area contributed by atoms with Gasteiger partial charge in [-0.15, -0.1) is 0 Å². The third-order valence-corrected chi connectivity index (χ3v) is 4.87. The van der Waals surface area contributed by atoms with Gasteiger partial charge in [-0.3, -0.25) is 4.79 Å². The van der Waals surface area contributed by atoms with Gasteiger partial charge in [0, 0.05) is 6.04 Å². The van der Waals surface area contributed by atoms with E-state index in [2.05, 4.69) is 4.72 Å². The van der Waals surface area contributed by atoms with Gasteiger partial charge in [0.25, 0.3) is 10.0 Å². The molecule has 0 amide bonds. The zero-order valence-electron chi connectivity index (χ0n) is 9.83. The van der Waals surface area contributed by atoms with Crippen molar-refractivity contribution in [3.05, 3.63) is 17.9 Å². The predicted molar refractivity (Wildman–Crippen MR) is 63.7 cm³/mol. The zero-order chi connectivity index (χ0) is 12.8. The molecule has 0 radical (unpaired) electrons. The summed E-state index contributed by atoms with van der Waals surface area (Å²) in [5, 5.41) is -0.170. The third kappa shape index (κ3) is 2.35. The van der Waals surface area contributed by atoms with E-state index in [0.717, 1.165) is 25.7 Å². The lowest BCUT2D eigenvalue weighted by atomic mass is 10.1. The van der Waals surface area contributed by atoms with E-state index in [1.807, 2.05) is 0 Å². The van der Waals surface area contributed by atoms with Crippen LogP contribution in [0.15, 0.2) is 21.6 Å². The van der Waals surface area contributed by atoms with Crippen LogP contribution in [0, 0.1) is 11.8 Å². The Morgan fingerprint density at radius 3 is 2.28 bits per heavy atom. The molecular formula is C12H15NO4S. The van der Waals surface area contributed by atoms with Crippen molar-refractivity contribution in [3.8, 4) is 0 Å². The van der Waals surface area contributed by atoms with Crippen LogP contribution in [0.2, 0.25) is 0 Å². The molecule has 2 aliphatic rings. The molecule has 0 spiro atoms. The normalized spacial score (nSPS) is 20.3. The van der Waals surface area contributed by atoms with E-state index in [9.17, 15) is 13.2 Å². The first kappa shape index (κ1) is 11.9. The van der Waals surface area contributed by atoms with Crippen LogP contribution in [0.5, 0.6) is 0 Å². The van der Waals surface area contributed by atoms with Crippen LogP contribution in [-0.4, -0.2) is 20.7 Å². The molecule has 0 saturated heterocycles. The minimum Gasteiger partial charge on any atom is -0.440 e. The molecule has 1 aromatic heterocycles. The zero-order valence-corrected chi connectivity index (χ0v) is 10.7. The molecule has 2 saturated carbocycles. The summed E-state index contributed by atoms with van der Waals surface area (Å²) in [6.07, 6.45) is 4.89. The second-order valence-electron chi connectivity index (χ2n) is 5.10. The van der Waals surface area contributed by atoms with Crippen LogP contribution in [-0.2, 0) is 10.0 Å². The molecule has 5 nitrogen and oxygen atoms in total. The van der Waals surface area contributed by atoms with Crippen molar-refractivity contribution < 1.29 is 17.6 Å². The van der Waals surface area contributed by atoms with Gasteiger partial charge in [0.2, 0.25) is 5.09 Å². The number of nitrogens with one attached hydrogen (secondary N) is 1. The highest BCUT2D eigenvalue weighted by Crippen LogP contribution is 2.45. The molecule has 2 fully saturated rings. The largest absolute Gasteiger partial charge is 0.440 e. The SMILES string of the molecule is O=Cc1ccc(S(=O)(=O)NC(C2CC2)C2CC2)o1. The third-order valence-electron chi connectivity index (χ3n) is 3.53. The van der Waals surface area contributed by atoms with Crippen LogP contribution < -0.4 is 4.72 Å². The van der Waals surface area contributed by atoms with Crippen molar-refractivity contribution in [2.45, 2.75) is 36.8 Å². The number of sulfonamides is 1. The number of rotatable bonds is 6. The van der Waals surface area contributed by atoms with E-state index < -0.39 is 10.0 Å². The Bertz CT molecular complexity index is 542. The van der Waals surface area contributed by atoms with Gasteiger partial charge in [-0.2, -0.15) is 0 Å². The molecule has 3 rings (SSSR count). The number of carbonyl (C=O) groups excluding carboxylic acids is 1. The van der Waals surface area contributed by atoms with Gasteiger partial charge < -0.3 is 4.42 Å². The molecule has 0 aromatic carbocycles. The number of furan rings is 1. The monoisotopic (exact) mass is 269 g/mol. The summed E-state index contributed by atoms with van der Waals surface area (Å²) in [7, 11) is -3.63. The van der Waals surface area contributed by atoms with E-state index in [-0.39, 0.29) is 16.9 Å². The van der Waals surface area contributed by atoms with Crippen molar-refractivity contribution in [2.24, 2.45) is 11.8 Å². The number of hydrogen-bond acceptors (Lipinski definition) is 4. The Hall–Kier alpha value is -1.14. The maximum absolute atomic E-state index is 12.1. The van der Waals surface area contributed by atoms with Crippen LogP contribution in [0.25, 0.3) is 0 Å². The van der Waals surface area contributed by atoms with Crippen molar-refractivity contribution in [2.75, 3.05) is 0 Å². The second kappa shape index (κ2) is 4.20. The van der Waals surface area contributed by atoms with Crippen molar-refractivity contribution >= 4 is 16.3 Å². The Morgan fingerprint density at radius 2 is 1.83 bits per heavy atom. The maximum Gasteiger partial charge on any atom is 0.274 e. The summed E-state index contributed by atoms with van der Waals surface area (Å²) in [6, 6.07) is 2.73. The van der Waals surface area contributed by atoms with Crippen LogP contribution >= 0.6 is 0 Å². The smallest absolute Gasteiger partial charge is 0.274 e. The molecular weight excluding hydrogens is 254 g/mol. The van der Waals surface area contributed by atoms with E-state index in [1.165, 1.54) is 12.1 Å². The van der Waals surface area contributed by atoms with Gasteiger partial charge in [-0.25, -0.2) is 13.1 Å². The molecule has 1 N–H and O–H groups in total. The van der Waals surface area contributed by atoms with Crippen molar-refractivity contribution in [1.82, 2.24) is 4.72 Å². The van der Waals surface area contributed by atoms with E-state index >= 15 is 0 Å². The fourth-order valence-corrected chi connectivity index (χ4v) is 3.58. The van der Waals surface area contributed by atoms with Gasteiger partial charge in [-0.05, 0) is 49.7 Å². The fraction of sp³-hybridized carbons (Fsp3) is 0.583. The van der Waals surface area contributed by atoms with E-state index in [4.69, 9.17) is 4.42 Å². The minimum atomic E-state index is -3.63. The lowest BCUT2D eigenvalue weighted by molar-refractivity contribution is 0.109. The summed E-state index contributed by atoms with van der Waals surface area (Å²) >= 11 is 0. The summed E-state index contributed by atoms with van der Waals surface area (Å²) in [6.45, 7) is 0. The van der Waals surface area contributed by atoms with Gasteiger partial charge in [0.1, 0.15) is 0 Å². The van der Waals surface area contributed by atoms with Gasteiger partial charge >= 0.3 is 0 Å². The molecule has 2 aliphatic carbocycles. The highest BCUT2D eigenvalue weighted by Gasteiger charge is 2.43. The molecule has 1 heterocycles. The van der Waals surface area contributed by atoms with Gasteiger partial charge in [-0.1, -0.05) is 0 Å². The first-order chi connectivity index (χ1) is 8.60. The molecule has 0 atom stereocenters. The molecule has 0 unspecified atom stereocenters. The number of hydrogen-bond donors (Lipinski definition) is 1. The fourth-order valence-electron chi connectivity index (χ4n) is 2.27. The quantitative estimate of drug-likeness (QED) is 0.795. The highest BCUT2D eigenvalue weighted by atomic mass is 32.2. The van der Waals surface area contributed by atoms with Gasteiger partial charge in [0.05, 0.1) is 0 Å². The molecule has 6 heteroatoms. The van der Waals surface area contributed by atoms with Crippen molar-refractivity contribution in [3.63, 3.8) is 0 Å². The van der Waals surface area contributed by atoms with Gasteiger partial charge in [0.15, 0.2) is 12.0 Å². The summed E-state index contributed by atoms with van der Waals surface area (Å²) in [4.78, 5) is 10.5. The molecule has 0 bridgehead atoms. The average Bonchev–Trinajstić information content (AvgIpc) is 3.24. The van der Waals surface area contributed by atoms with Crippen LogP contribution in [0.4, 0.5) is 0 Å². The Morgan fingerprint density at radius 1 is 1.22 bits per heavy atom. The Kier molecular flexibility index (Phi) is 2.79. The van der Waals surface area contributed by atoms with Crippen molar-refractivity contribution in [1.29, 1.82) is 0 Å². The highest BCUT2D eigenvalue weighted by molar-refractivity contribution is 7.89. The first-order valence-corrected chi connectivity index (χ1v) is 7.66. The lowest BCUT2D eigenvalue weighted by Crippen LogP contribution is -2.37. The number of carbonyl (C=O) groups is 1. The topological polar surface area (TPSA) is 76.4 Å². The Balaban J connectivity index is 1.78. The van der Waals surface area contributed by atoms with Crippen LogP contribution in [0.3, 0.4) is 0 Å². The second-order valence-corrected chi connectivity index (χ2v) is 6.74. The molecule has 98 valence electrons. The molecule has 18 heavy (non-hydrogen) atoms. The first-order valence-electron chi connectivity index (χ1n) is 6.17. The van der Waals surface area contributed by atoms with Crippen LogP contribution in [0.1, 0.15) is 36.2 Å². The lowest BCUT2D eigenvalue weighted by Gasteiger charge is -2.16. The number of aldehydes is 1. The molecule has 0 aliphatic heterocycles. The molecule has 1 aromatic rings. The van der Waals surface area contributed by atoms with E-state index in [1.54, 1.807) is 0 Å². The summed E-state index contributed by atoms with van der Waals surface area (Å²) in [5.74, 6) is 0.991. The van der Waals surface area contributed by atoms with E-state index in [0.29, 0.717) is 18.1 Å². The standard InChI is InChI=1S/C12H15NO4S/c14-7-10-5-6-11(17-10)18(15,16)13-12(8-1-2-8)9-3-4-9/h5-9,12-13H,1-4H2. The maximum atomic E-state index is 12.1. The minimum absolute atomic E-state index is 0.0322. The summed E-state index contributed by atoms with van der Waals surface area (Å²) in [5.41, 5.74) is 0. The average molecular weight is 269 g/mol. The summed E-state index contributed by atoms with van der Waals surface area (Å²) < 4.78 is 31.9.